The van der Waals surface area contributed by atoms with Gasteiger partial charge in [-0.2, -0.15) is 0 Å². The first-order valence-corrected chi connectivity index (χ1v) is 12.7. The molecule has 0 unspecified atom stereocenters. The second-order valence-electron chi connectivity index (χ2n) is 7.45. The minimum absolute atomic E-state index is 0.210. The highest BCUT2D eigenvalue weighted by Gasteiger charge is 2.33. The minimum Gasteiger partial charge on any atom is -0.495 e. The molecule has 0 radical (unpaired) electrons. The molecule has 0 saturated carbocycles. The normalized spacial score (nSPS) is 12.2. The molecule has 0 heterocycles. The second-order valence-corrected chi connectivity index (χ2v) is 9.74. The molecule has 33 heavy (non-hydrogen) atoms. The summed E-state index contributed by atoms with van der Waals surface area (Å²) < 4.78 is 37.4. The molecule has 7 nitrogen and oxygen atoms in total. The fraction of sp³-hybridized carbons (Fsp3) is 0.292. The Morgan fingerprint density at radius 1 is 1.09 bits per heavy atom. The number of carbonyl (C=O) groups is 1. The van der Waals surface area contributed by atoms with E-state index in [0.717, 1.165) is 21.3 Å². The van der Waals surface area contributed by atoms with Gasteiger partial charge >= 0.3 is 0 Å². The zero-order valence-corrected chi connectivity index (χ0v) is 20.3. The zero-order chi connectivity index (χ0) is 24.0. The van der Waals surface area contributed by atoms with Crippen LogP contribution in [-0.4, -0.2) is 46.9 Å². The number of hydrogen-bond donors (Lipinski definition) is 1. The largest absolute Gasteiger partial charge is 0.495 e. The van der Waals surface area contributed by atoms with Crippen molar-refractivity contribution in [3.63, 3.8) is 0 Å². The Labute approximate surface area is 199 Å². The molecular formula is C24H27ClN2O5S. The lowest BCUT2D eigenvalue weighted by Gasteiger charge is -2.31. The van der Waals surface area contributed by atoms with Crippen LogP contribution in [0.15, 0.2) is 60.7 Å². The number of amides is 1. The van der Waals surface area contributed by atoms with Gasteiger partial charge in [-0.1, -0.05) is 48.9 Å². The third kappa shape index (κ3) is 6.09. The highest BCUT2D eigenvalue weighted by molar-refractivity contribution is 7.92. The van der Waals surface area contributed by atoms with Crippen molar-refractivity contribution < 1.29 is 22.7 Å². The van der Waals surface area contributed by atoms with Gasteiger partial charge in [-0.05, 0) is 47.5 Å². The van der Waals surface area contributed by atoms with Crippen molar-refractivity contribution in [2.75, 3.05) is 30.8 Å². The molecule has 3 aromatic rings. The number of sulfonamides is 1. The highest BCUT2D eigenvalue weighted by atomic mass is 35.5. The van der Waals surface area contributed by atoms with Crippen LogP contribution < -0.4 is 19.1 Å². The van der Waals surface area contributed by atoms with Crippen molar-refractivity contribution in [2.24, 2.45) is 0 Å². The number of hydrogen-bond acceptors (Lipinski definition) is 5. The first kappa shape index (κ1) is 24.7. The Hall–Kier alpha value is -2.97. The van der Waals surface area contributed by atoms with Crippen LogP contribution >= 0.6 is 11.6 Å². The SMILES string of the molecule is CC[C@H](C(=O)NCCOc1ccc2ccccc2c1)N(c1cc(Cl)ccc1OC)S(C)(=O)=O. The highest BCUT2D eigenvalue weighted by Crippen LogP contribution is 2.34. The molecule has 0 spiro atoms. The maximum absolute atomic E-state index is 13.0. The molecule has 3 rings (SSSR count). The van der Waals surface area contributed by atoms with E-state index in [-0.39, 0.29) is 25.3 Å². The van der Waals surface area contributed by atoms with Gasteiger partial charge in [0.2, 0.25) is 15.9 Å². The number of benzene rings is 3. The van der Waals surface area contributed by atoms with Crippen LogP contribution in [0.2, 0.25) is 5.02 Å². The molecule has 0 aromatic heterocycles. The first-order chi connectivity index (χ1) is 15.7. The summed E-state index contributed by atoms with van der Waals surface area (Å²) in [4.78, 5) is 13.0. The van der Waals surface area contributed by atoms with Gasteiger partial charge in [0.1, 0.15) is 24.1 Å². The number of fused-ring (bicyclic) bond motifs is 1. The number of anilines is 1. The topological polar surface area (TPSA) is 84.9 Å². The van der Waals surface area contributed by atoms with E-state index in [1.54, 1.807) is 19.1 Å². The van der Waals surface area contributed by atoms with Gasteiger partial charge in [0.25, 0.3) is 0 Å². The van der Waals surface area contributed by atoms with E-state index in [0.29, 0.717) is 16.5 Å². The molecule has 9 heteroatoms. The van der Waals surface area contributed by atoms with Gasteiger partial charge in [-0.15, -0.1) is 0 Å². The van der Waals surface area contributed by atoms with Crippen LogP contribution in [0.4, 0.5) is 5.69 Å². The lowest BCUT2D eigenvalue weighted by molar-refractivity contribution is -0.122. The summed E-state index contributed by atoms with van der Waals surface area (Å²) in [7, 11) is -2.39. The Morgan fingerprint density at radius 2 is 1.82 bits per heavy atom. The summed E-state index contributed by atoms with van der Waals surface area (Å²) in [6, 6.07) is 17.4. The van der Waals surface area contributed by atoms with Crippen LogP contribution in [0.1, 0.15) is 13.3 Å². The number of nitrogens with zero attached hydrogens (tertiary/aromatic N) is 1. The smallest absolute Gasteiger partial charge is 0.244 e. The Morgan fingerprint density at radius 3 is 2.48 bits per heavy atom. The van der Waals surface area contributed by atoms with Crippen molar-refractivity contribution >= 4 is 44.0 Å². The fourth-order valence-corrected chi connectivity index (χ4v) is 4.96. The quantitative estimate of drug-likeness (QED) is 0.430. The van der Waals surface area contributed by atoms with Crippen molar-refractivity contribution in [3.05, 3.63) is 65.7 Å². The van der Waals surface area contributed by atoms with Gasteiger partial charge in [0.15, 0.2) is 0 Å². The molecule has 1 N–H and O–H groups in total. The molecule has 176 valence electrons. The van der Waals surface area contributed by atoms with E-state index in [4.69, 9.17) is 21.1 Å². The van der Waals surface area contributed by atoms with Crippen molar-refractivity contribution in [1.82, 2.24) is 5.32 Å². The van der Waals surface area contributed by atoms with Crippen LogP contribution in [0.25, 0.3) is 10.8 Å². The molecular weight excluding hydrogens is 464 g/mol. The predicted octanol–water partition coefficient (Wildman–Crippen LogP) is 4.24. The molecule has 1 atom stereocenters. The van der Waals surface area contributed by atoms with Gasteiger partial charge < -0.3 is 14.8 Å². The van der Waals surface area contributed by atoms with E-state index in [1.165, 1.54) is 13.2 Å². The van der Waals surface area contributed by atoms with Gasteiger partial charge in [0.05, 0.1) is 25.6 Å². The van der Waals surface area contributed by atoms with Crippen LogP contribution in [0.5, 0.6) is 11.5 Å². The number of rotatable bonds is 10. The summed E-state index contributed by atoms with van der Waals surface area (Å²) in [5.41, 5.74) is 0.210. The van der Waals surface area contributed by atoms with Gasteiger partial charge in [-0.25, -0.2) is 8.42 Å². The van der Waals surface area contributed by atoms with Gasteiger partial charge in [-0.3, -0.25) is 9.10 Å². The molecule has 0 aliphatic heterocycles. The number of nitrogens with one attached hydrogen (secondary N) is 1. The van der Waals surface area contributed by atoms with E-state index < -0.39 is 22.0 Å². The maximum atomic E-state index is 13.0. The van der Waals surface area contributed by atoms with Crippen LogP contribution in [0, 0.1) is 0 Å². The van der Waals surface area contributed by atoms with E-state index >= 15 is 0 Å². The summed E-state index contributed by atoms with van der Waals surface area (Å²) in [5, 5.41) is 5.28. The van der Waals surface area contributed by atoms with Crippen LogP contribution in [-0.2, 0) is 14.8 Å². The number of halogens is 1. The Kier molecular flexibility index (Phi) is 8.05. The van der Waals surface area contributed by atoms with Crippen molar-refractivity contribution in [3.8, 4) is 11.5 Å². The molecule has 1 amide bonds. The summed E-state index contributed by atoms with van der Waals surface area (Å²) in [6.45, 7) is 2.19. The molecule has 3 aromatic carbocycles. The fourth-order valence-electron chi connectivity index (χ4n) is 3.59. The predicted molar refractivity (Wildman–Crippen MR) is 132 cm³/mol. The zero-order valence-electron chi connectivity index (χ0n) is 18.7. The summed E-state index contributed by atoms with van der Waals surface area (Å²) in [6.07, 6.45) is 1.30. The number of ether oxygens (including phenoxy) is 2. The Balaban J connectivity index is 1.70. The van der Waals surface area contributed by atoms with Crippen LogP contribution in [0.3, 0.4) is 0 Å². The average molecular weight is 491 g/mol. The number of methoxy groups -OCH3 is 1. The maximum Gasteiger partial charge on any atom is 0.244 e. The molecule has 0 bridgehead atoms. The van der Waals surface area contributed by atoms with E-state index in [9.17, 15) is 13.2 Å². The monoisotopic (exact) mass is 490 g/mol. The Bertz CT molecular complexity index is 1230. The summed E-state index contributed by atoms with van der Waals surface area (Å²) >= 11 is 6.10. The second kappa shape index (κ2) is 10.8. The average Bonchev–Trinajstić information content (AvgIpc) is 2.79. The third-order valence-corrected chi connectivity index (χ3v) is 6.50. The molecule has 0 aliphatic rings. The molecule has 0 aliphatic carbocycles. The first-order valence-electron chi connectivity index (χ1n) is 10.5. The van der Waals surface area contributed by atoms with Gasteiger partial charge in [0, 0.05) is 5.02 Å². The van der Waals surface area contributed by atoms with E-state index in [2.05, 4.69) is 5.32 Å². The van der Waals surface area contributed by atoms with Crippen molar-refractivity contribution in [1.29, 1.82) is 0 Å². The van der Waals surface area contributed by atoms with Crippen molar-refractivity contribution in [2.45, 2.75) is 19.4 Å². The third-order valence-electron chi connectivity index (χ3n) is 5.10. The van der Waals surface area contributed by atoms with E-state index in [1.807, 2.05) is 42.5 Å². The lowest BCUT2D eigenvalue weighted by atomic mass is 10.1. The molecule has 0 saturated heterocycles. The minimum atomic E-state index is -3.82. The summed E-state index contributed by atoms with van der Waals surface area (Å²) in [5.74, 6) is 0.555. The molecule has 0 fully saturated rings. The standard InChI is InChI=1S/C24H27ClN2O5S/c1-4-21(27(33(3,29)30)22-16-19(25)10-12-23(22)31-2)24(28)26-13-14-32-20-11-9-17-7-5-6-8-18(17)15-20/h5-12,15-16,21H,4,13-14H2,1-3H3,(H,26,28)/t21-/m1/s1. The number of carbonyl (C=O) groups excluding carboxylic acids is 1. The lowest BCUT2D eigenvalue weighted by Crippen LogP contribution is -2.50.